The Morgan fingerprint density at radius 1 is 0.846 bits per heavy atom. The van der Waals surface area contributed by atoms with Crippen molar-refractivity contribution in [3.8, 4) is 0 Å². The molecule has 0 saturated heterocycles. The second-order valence-electron chi connectivity index (χ2n) is 5.92. The summed E-state index contributed by atoms with van der Waals surface area (Å²) in [6, 6.07) is 28.8. The summed E-state index contributed by atoms with van der Waals surface area (Å²) in [7, 11) is 0. The van der Waals surface area contributed by atoms with Crippen LogP contribution in [0.4, 0.5) is 11.4 Å². The summed E-state index contributed by atoms with van der Waals surface area (Å²) in [5.41, 5.74) is 10.7. The molecular formula is C20H18HgN4S. The molecule has 6 heteroatoms. The van der Waals surface area contributed by atoms with Crippen LogP contribution >= 0.6 is 12.2 Å². The summed E-state index contributed by atoms with van der Waals surface area (Å²) >= 11 is 3.59. The van der Waals surface area contributed by atoms with E-state index in [1.54, 1.807) is 0 Å². The number of rotatable bonds is 5. The Kier molecular flexibility index (Phi) is 6.47. The quantitative estimate of drug-likeness (QED) is 0.215. The van der Waals surface area contributed by atoms with Crippen molar-refractivity contribution in [2.45, 2.75) is 6.92 Å². The van der Waals surface area contributed by atoms with Crippen LogP contribution in [0.25, 0.3) is 0 Å². The molecule has 4 nitrogen and oxygen atoms in total. The third-order valence-electron chi connectivity index (χ3n) is 4.03. The first kappa shape index (κ1) is 18.7. The maximum atomic E-state index is 7.49. The van der Waals surface area contributed by atoms with Gasteiger partial charge in [0, 0.05) is 0 Å². The first-order valence-corrected chi connectivity index (χ1v) is 14.0. The molecule has 3 rings (SSSR count). The Bertz CT molecular complexity index is 869. The van der Waals surface area contributed by atoms with Gasteiger partial charge in [-0.3, -0.25) is 0 Å². The normalized spacial score (nSPS) is 9.88. The van der Waals surface area contributed by atoms with E-state index in [9.17, 15) is 0 Å². The van der Waals surface area contributed by atoms with E-state index >= 15 is 0 Å². The van der Waals surface area contributed by atoms with Gasteiger partial charge in [0.25, 0.3) is 0 Å². The third-order valence-corrected chi connectivity index (χ3v) is 11.2. The van der Waals surface area contributed by atoms with E-state index in [1.807, 2.05) is 53.5 Å². The van der Waals surface area contributed by atoms with Crippen LogP contribution in [0.15, 0.2) is 90.0 Å². The molecule has 1 N–H and O–H groups in total. The zero-order valence-electron chi connectivity index (χ0n) is 14.5. The minimum atomic E-state index is -1.85. The van der Waals surface area contributed by atoms with Crippen molar-refractivity contribution < 1.29 is 24.9 Å². The molecular weight excluding hydrogens is 529 g/mol. The van der Waals surface area contributed by atoms with Gasteiger partial charge in [-0.2, -0.15) is 0 Å². The summed E-state index contributed by atoms with van der Waals surface area (Å²) in [4.78, 5) is 0. The Morgan fingerprint density at radius 3 is 1.92 bits per heavy atom. The second kappa shape index (κ2) is 9.01. The van der Waals surface area contributed by atoms with Crippen LogP contribution in [0.1, 0.15) is 5.56 Å². The molecule has 0 bridgehead atoms. The van der Waals surface area contributed by atoms with Gasteiger partial charge in [0.2, 0.25) is 0 Å². The maximum absolute atomic E-state index is 7.49. The van der Waals surface area contributed by atoms with E-state index in [-0.39, 0.29) is 5.11 Å². The van der Waals surface area contributed by atoms with Gasteiger partial charge >= 0.3 is 172 Å². The molecule has 0 fully saturated rings. The summed E-state index contributed by atoms with van der Waals surface area (Å²) in [6.07, 6.45) is 0. The Labute approximate surface area is 171 Å². The van der Waals surface area contributed by atoms with Crippen LogP contribution in [0.2, 0.25) is 0 Å². The van der Waals surface area contributed by atoms with Crippen molar-refractivity contribution in [3.63, 3.8) is 0 Å². The van der Waals surface area contributed by atoms with Crippen LogP contribution in [-0.2, 0) is 24.9 Å². The van der Waals surface area contributed by atoms with Crippen LogP contribution in [0, 0.1) is 12.5 Å². The fourth-order valence-electron chi connectivity index (χ4n) is 2.71. The van der Waals surface area contributed by atoms with Gasteiger partial charge in [-0.05, 0) is 0 Å². The van der Waals surface area contributed by atoms with Crippen LogP contribution in [-0.4, -0.2) is 5.11 Å². The molecule has 126 valence electrons. The summed E-state index contributed by atoms with van der Waals surface area (Å²) in [5, 5.41) is 5.71. The second-order valence-corrected chi connectivity index (χ2v) is 13.0. The van der Waals surface area contributed by atoms with Crippen LogP contribution < -0.4 is 10.9 Å². The number of para-hydroxylation sites is 2. The number of nitrogens with one attached hydrogen (secondary N) is 1. The average Bonchev–Trinajstić information content (AvgIpc) is 2.70. The summed E-state index contributed by atoms with van der Waals surface area (Å²) < 4.78 is 3.63. The van der Waals surface area contributed by atoms with E-state index in [4.69, 9.17) is 17.7 Å². The van der Waals surface area contributed by atoms with Crippen molar-refractivity contribution >= 4 is 31.8 Å². The molecule has 26 heavy (non-hydrogen) atoms. The van der Waals surface area contributed by atoms with Gasteiger partial charge in [-0.25, -0.2) is 0 Å². The molecule has 0 amide bonds. The first-order chi connectivity index (χ1) is 12.7. The van der Waals surface area contributed by atoms with Crippen molar-refractivity contribution in [1.29, 1.82) is 5.53 Å². The minimum absolute atomic E-state index is 0.243. The number of thiocarbonyl (C=S) groups is 1. The molecule has 3 aromatic rings. The monoisotopic (exact) mass is 548 g/mol. The van der Waals surface area contributed by atoms with Crippen molar-refractivity contribution in [2.24, 2.45) is 5.11 Å². The average molecular weight is 547 g/mol. The number of nitrogens with zero attached hydrogens (tertiary/aromatic N) is 3. The molecule has 0 heterocycles. The van der Waals surface area contributed by atoms with E-state index in [0.29, 0.717) is 0 Å². The number of hydrogen-bond acceptors (Lipinski definition) is 3. The molecule has 0 saturated carbocycles. The van der Waals surface area contributed by atoms with Gasteiger partial charge in [-0.15, -0.1) is 0 Å². The van der Waals surface area contributed by atoms with E-state index in [1.165, 1.54) is 8.64 Å². The number of benzene rings is 3. The Hall–Kier alpha value is -2.11. The predicted octanol–water partition coefficient (Wildman–Crippen LogP) is 4.86. The Morgan fingerprint density at radius 2 is 1.38 bits per heavy atom. The molecule has 0 aliphatic carbocycles. The van der Waals surface area contributed by atoms with E-state index in [2.05, 4.69) is 51.2 Å². The van der Waals surface area contributed by atoms with Gasteiger partial charge in [-0.1, -0.05) is 0 Å². The number of anilines is 2. The molecule has 0 spiro atoms. The van der Waals surface area contributed by atoms with E-state index in [0.717, 1.165) is 11.4 Å². The SMILES string of the molecule is Cc1cc[c]([Hg][N](c2ccccc2)N(C(=S)N=N)c2ccccc2)cc1. The topological polar surface area (TPSA) is 42.7 Å². The molecule has 0 aliphatic heterocycles. The molecule has 0 atom stereocenters. The van der Waals surface area contributed by atoms with Crippen molar-refractivity contribution in [2.75, 3.05) is 7.78 Å². The standard InChI is InChI=1S/C13H11N4S.C7H7.Hg/c14-15-13(18)17(12-9-5-2-6-10-12)16-11-7-3-1-4-8-11;1-7-5-3-2-4-6-7;/h1-10,14H;3-6H,1H3;/q-1;;+1. The fourth-order valence-corrected chi connectivity index (χ4v) is 9.63. The summed E-state index contributed by atoms with van der Waals surface area (Å²) in [6.45, 7) is 2.10. The zero-order valence-corrected chi connectivity index (χ0v) is 20.9. The summed E-state index contributed by atoms with van der Waals surface area (Å²) in [5.74, 6) is 0. The van der Waals surface area contributed by atoms with Gasteiger partial charge < -0.3 is 0 Å². The van der Waals surface area contributed by atoms with Crippen LogP contribution in [0.3, 0.4) is 0 Å². The predicted molar refractivity (Wildman–Crippen MR) is 106 cm³/mol. The molecule has 0 unspecified atom stereocenters. The van der Waals surface area contributed by atoms with Gasteiger partial charge in [0.15, 0.2) is 0 Å². The van der Waals surface area contributed by atoms with Gasteiger partial charge in [0.1, 0.15) is 0 Å². The number of hydrazine groups is 1. The van der Waals surface area contributed by atoms with E-state index < -0.39 is 24.9 Å². The first-order valence-electron chi connectivity index (χ1n) is 8.33. The Balaban J connectivity index is 2.06. The molecule has 0 aromatic heterocycles. The number of hydrogen-bond donors (Lipinski definition) is 1. The molecule has 3 aromatic carbocycles. The third kappa shape index (κ3) is 4.53. The fraction of sp³-hybridized carbons (Fsp3) is 0.0500. The van der Waals surface area contributed by atoms with Crippen molar-refractivity contribution in [1.82, 2.24) is 0 Å². The molecule has 0 aliphatic rings. The number of aryl methyl sites for hydroxylation is 1. The van der Waals surface area contributed by atoms with Crippen LogP contribution in [0.5, 0.6) is 0 Å². The van der Waals surface area contributed by atoms with Gasteiger partial charge in [0.05, 0.1) is 0 Å². The van der Waals surface area contributed by atoms with Crippen molar-refractivity contribution in [3.05, 3.63) is 90.5 Å². The molecule has 0 radical (unpaired) electrons. The zero-order chi connectivity index (χ0) is 18.4.